The van der Waals surface area contributed by atoms with Crippen LogP contribution in [0.4, 0.5) is 0 Å². The average Bonchev–Trinajstić information content (AvgIpc) is 1.59. The van der Waals surface area contributed by atoms with Gasteiger partial charge in [-0.1, -0.05) is 34.5 Å². The first-order valence-electron chi connectivity index (χ1n) is 3.09. The van der Waals surface area contributed by atoms with Crippen LogP contribution in [0.15, 0.2) is 18.2 Å². The molecule has 0 saturated heterocycles. The van der Waals surface area contributed by atoms with Crippen LogP contribution in [0.1, 0.15) is 11.1 Å². The van der Waals surface area contributed by atoms with Crippen molar-refractivity contribution in [3.8, 4) is 0 Å². The number of hydrogen-bond donors (Lipinski definition) is 0. The zero-order valence-electron chi connectivity index (χ0n) is 5.94. The molecule has 0 saturated carbocycles. The monoisotopic (exact) mass is 143 g/mol. The molecular formula is C8H12LiSi. The van der Waals surface area contributed by atoms with Gasteiger partial charge in [0.15, 0.2) is 0 Å². The first-order valence-corrected chi connectivity index (χ1v) is 3.79. The molecule has 1 aromatic carbocycles. The molecule has 0 fully saturated rings. The van der Waals surface area contributed by atoms with Crippen LogP contribution < -0.4 is 5.19 Å². The third-order valence-corrected chi connectivity index (χ3v) is 1.69. The Morgan fingerprint density at radius 3 is 1.70 bits per heavy atom. The zero-order chi connectivity index (χ0) is 6.85. The van der Waals surface area contributed by atoms with E-state index in [9.17, 15) is 0 Å². The Morgan fingerprint density at radius 1 is 1.00 bits per heavy atom. The molecule has 0 atom stereocenters. The molecule has 0 bridgehead atoms. The molecule has 0 N–H and O–H groups in total. The van der Waals surface area contributed by atoms with E-state index in [4.69, 9.17) is 0 Å². The Hall–Kier alpha value is 0.0343. The van der Waals surface area contributed by atoms with Crippen LogP contribution in [0.3, 0.4) is 0 Å². The van der Waals surface area contributed by atoms with Crippen LogP contribution in [-0.2, 0) is 0 Å². The molecule has 1 radical (unpaired) electrons. The van der Waals surface area contributed by atoms with Crippen LogP contribution in [0.25, 0.3) is 0 Å². The molecule has 0 unspecified atom stereocenters. The molecule has 0 heterocycles. The van der Waals surface area contributed by atoms with Crippen LogP contribution in [0.5, 0.6) is 0 Å². The molecule has 0 aliphatic heterocycles. The van der Waals surface area contributed by atoms with Crippen molar-refractivity contribution in [3.05, 3.63) is 29.3 Å². The fourth-order valence-electron chi connectivity index (χ4n) is 1.07. The van der Waals surface area contributed by atoms with Crippen LogP contribution in [0, 0.1) is 13.8 Å². The Bertz CT molecular complexity index is 170. The number of benzene rings is 1. The van der Waals surface area contributed by atoms with Gasteiger partial charge in [0, 0.05) is 10.2 Å². The number of rotatable bonds is 0. The number of aryl methyl sites for hydroxylation is 2. The second-order valence-electron chi connectivity index (χ2n) is 2.50. The molecule has 0 aliphatic rings. The van der Waals surface area contributed by atoms with E-state index in [1.807, 2.05) is 10.2 Å². The summed E-state index contributed by atoms with van der Waals surface area (Å²) >= 11 is 0. The van der Waals surface area contributed by atoms with Crippen LogP contribution in [-0.4, -0.2) is 29.1 Å². The van der Waals surface area contributed by atoms with Crippen molar-refractivity contribution < 1.29 is 0 Å². The summed E-state index contributed by atoms with van der Waals surface area (Å²) in [5, 5.41) is 1.38. The first-order chi connectivity index (χ1) is 4.18. The van der Waals surface area contributed by atoms with E-state index in [1.54, 1.807) is 0 Å². The van der Waals surface area contributed by atoms with Gasteiger partial charge in [-0.25, -0.2) is 0 Å². The molecule has 0 nitrogen and oxygen atoms in total. The fourth-order valence-corrected chi connectivity index (χ4v) is 1.71. The molecule has 0 aliphatic carbocycles. The van der Waals surface area contributed by atoms with E-state index in [1.165, 1.54) is 16.3 Å². The Kier molecular flexibility index (Phi) is 4.04. The van der Waals surface area contributed by atoms with Crippen molar-refractivity contribution in [1.82, 2.24) is 0 Å². The van der Waals surface area contributed by atoms with Gasteiger partial charge in [0.05, 0.1) is 0 Å². The van der Waals surface area contributed by atoms with Crippen LogP contribution >= 0.6 is 0 Å². The van der Waals surface area contributed by atoms with E-state index in [-0.39, 0.29) is 18.9 Å². The molecular weight excluding hydrogens is 131 g/mol. The summed E-state index contributed by atoms with van der Waals surface area (Å²) in [4.78, 5) is 0. The van der Waals surface area contributed by atoms with Gasteiger partial charge < -0.3 is 0 Å². The van der Waals surface area contributed by atoms with Gasteiger partial charge in [0.2, 0.25) is 0 Å². The van der Waals surface area contributed by atoms with Crippen molar-refractivity contribution in [2.45, 2.75) is 13.8 Å². The van der Waals surface area contributed by atoms with E-state index in [0.29, 0.717) is 0 Å². The Balaban J connectivity index is 0.000000810. The maximum absolute atomic E-state index is 2.20. The predicted molar refractivity (Wildman–Crippen MR) is 51.2 cm³/mol. The van der Waals surface area contributed by atoms with E-state index in [0.717, 1.165) is 0 Å². The zero-order valence-corrected chi connectivity index (χ0v) is 7.35. The van der Waals surface area contributed by atoms with Crippen molar-refractivity contribution in [1.29, 1.82) is 0 Å². The van der Waals surface area contributed by atoms with Gasteiger partial charge in [0.1, 0.15) is 0 Å². The molecule has 1 aromatic rings. The topological polar surface area (TPSA) is 0 Å². The van der Waals surface area contributed by atoms with Gasteiger partial charge in [-0.2, -0.15) is 0 Å². The summed E-state index contributed by atoms with van der Waals surface area (Å²) in [6.45, 7) is 4.26. The molecule has 49 valence electrons. The summed E-state index contributed by atoms with van der Waals surface area (Å²) in [5.74, 6) is 0. The van der Waals surface area contributed by atoms with Gasteiger partial charge in [0.25, 0.3) is 0 Å². The SMILES string of the molecule is Cc1cc(C)cc([SiH2])c1.[LiH]. The Labute approximate surface area is 77.6 Å². The van der Waals surface area contributed by atoms with Crippen molar-refractivity contribution in [2.24, 2.45) is 0 Å². The van der Waals surface area contributed by atoms with Crippen molar-refractivity contribution >= 4 is 34.3 Å². The number of hydrogen-bond acceptors (Lipinski definition) is 0. The van der Waals surface area contributed by atoms with Crippen molar-refractivity contribution in [2.75, 3.05) is 0 Å². The second kappa shape index (κ2) is 4.03. The predicted octanol–water partition coefficient (Wildman–Crippen LogP) is -0.0867. The van der Waals surface area contributed by atoms with Gasteiger partial charge in [-0.15, -0.1) is 0 Å². The molecule has 0 amide bonds. The standard InChI is InChI=1S/C8H11Si.Li.H/c1-6-3-7(2)5-8(9)4-6;;/h3-5H,9H2,1-2H3;;. The molecule has 1 rings (SSSR count). The summed E-state index contributed by atoms with van der Waals surface area (Å²) in [6.07, 6.45) is 0. The van der Waals surface area contributed by atoms with E-state index >= 15 is 0 Å². The van der Waals surface area contributed by atoms with Gasteiger partial charge in [-0.3, -0.25) is 0 Å². The fraction of sp³-hybridized carbons (Fsp3) is 0.250. The third kappa shape index (κ3) is 2.75. The molecule has 0 spiro atoms. The first kappa shape index (κ1) is 10.0. The average molecular weight is 143 g/mol. The third-order valence-electron chi connectivity index (χ3n) is 1.28. The minimum atomic E-state index is 0. The van der Waals surface area contributed by atoms with E-state index in [2.05, 4.69) is 32.0 Å². The quantitative estimate of drug-likeness (QED) is 0.445. The summed E-state index contributed by atoms with van der Waals surface area (Å²) in [5.41, 5.74) is 2.72. The van der Waals surface area contributed by atoms with Gasteiger partial charge in [-0.05, 0) is 13.8 Å². The molecule has 2 heteroatoms. The minimum absolute atomic E-state index is 0. The van der Waals surface area contributed by atoms with Crippen molar-refractivity contribution in [3.63, 3.8) is 0 Å². The Morgan fingerprint density at radius 2 is 1.40 bits per heavy atom. The van der Waals surface area contributed by atoms with Crippen LogP contribution in [0.2, 0.25) is 0 Å². The molecule has 0 aromatic heterocycles. The van der Waals surface area contributed by atoms with Gasteiger partial charge >= 0.3 is 18.9 Å². The van der Waals surface area contributed by atoms with E-state index < -0.39 is 0 Å². The normalized spacial score (nSPS) is 8.70. The summed E-state index contributed by atoms with van der Waals surface area (Å²) in [7, 11) is 1.93. The maximum atomic E-state index is 2.20. The summed E-state index contributed by atoms with van der Waals surface area (Å²) in [6, 6.07) is 6.59. The second-order valence-corrected chi connectivity index (χ2v) is 3.31. The molecule has 10 heavy (non-hydrogen) atoms. The summed E-state index contributed by atoms with van der Waals surface area (Å²) < 4.78 is 0.